The largest absolute Gasteiger partial charge is 0.340 e. The summed E-state index contributed by atoms with van der Waals surface area (Å²) in [5.41, 5.74) is 2.71. The van der Waals surface area contributed by atoms with Crippen molar-refractivity contribution in [2.75, 3.05) is 7.05 Å². The molecule has 0 saturated carbocycles. The highest BCUT2D eigenvalue weighted by Crippen LogP contribution is 2.51. The van der Waals surface area contributed by atoms with Crippen LogP contribution in [-0.4, -0.2) is 17.8 Å². The lowest BCUT2D eigenvalue weighted by molar-refractivity contribution is 0.159. The maximum Gasteiger partial charge on any atom is 0.104 e. The summed E-state index contributed by atoms with van der Waals surface area (Å²) in [4.78, 5) is 0. The second-order valence-electron chi connectivity index (χ2n) is 9.52. The van der Waals surface area contributed by atoms with Crippen molar-refractivity contribution in [3.05, 3.63) is 157 Å². The number of fused-ring (bicyclic) bond motifs is 1. The van der Waals surface area contributed by atoms with Crippen molar-refractivity contribution in [3.63, 3.8) is 0 Å². The summed E-state index contributed by atoms with van der Waals surface area (Å²) in [7, 11) is 0.587. The van der Waals surface area contributed by atoms with Crippen LogP contribution in [0.25, 0.3) is 0 Å². The quantitative estimate of drug-likeness (QED) is 0.207. The molecule has 188 valence electrons. The second kappa shape index (κ2) is 11.7. The standard InChI is InChI=1S/C34H31NOP2/c1-35(37(28-17-6-2-7-18-28)29-19-8-3-9-20-29)33-26-27-16-14-15-25-32(27)34(33)36-38(30-21-10-4-11-22-30)31-23-12-5-13-24-31/h2-25,33-34H,26H2,1H3/t33-,34-/m1/s1. The number of likely N-dealkylation sites (N-methyl/N-ethyl adjacent to an activating group) is 1. The first-order valence-corrected chi connectivity index (χ1v) is 15.6. The number of hydrogen-bond donors (Lipinski definition) is 0. The summed E-state index contributed by atoms with van der Waals surface area (Å²) in [6, 6.07) is 52.5. The summed E-state index contributed by atoms with van der Waals surface area (Å²) < 4.78 is 9.90. The summed E-state index contributed by atoms with van der Waals surface area (Å²) in [6.45, 7) is 0. The number of nitrogens with zero attached hydrogens (tertiary/aromatic N) is 1. The predicted octanol–water partition coefficient (Wildman–Crippen LogP) is 6.70. The van der Waals surface area contributed by atoms with Gasteiger partial charge in [-0.3, -0.25) is 4.67 Å². The Morgan fingerprint density at radius 3 is 1.47 bits per heavy atom. The van der Waals surface area contributed by atoms with Gasteiger partial charge in [-0.05, 0) is 35.2 Å². The van der Waals surface area contributed by atoms with E-state index in [0.717, 1.165) is 6.42 Å². The molecule has 5 aromatic carbocycles. The molecule has 5 aromatic rings. The van der Waals surface area contributed by atoms with E-state index in [9.17, 15) is 0 Å². The van der Waals surface area contributed by atoms with Gasteiger partial charge < -0.3 is 4.52 Å². The Balaban J connectivity index is 1.42. The summed E-state index contributed by atoms with van der Waals surface area (Å²) in [5, 5.41) is 5.21. The third kappa shape index (κ3) is 5.24. The SMILES string of the molecule is CN([C@@H]1Cc2ccccc2[C@H]1OP(c1ccccc1)c1ccccc1)P(c1ccccc1)c1ccccc1. The van der Waals surface area contributed by atoms with E-state index in [1.807, 2.05) is 0 Å². The topological polar surface area (TPSA) is 12.5 Å². The Hall–Kier alpha value is -3.12. The van der Waals surface area contributed by atoms with Crippen LogP contribution in [0.5, 0.6) is 0 Å². The molecule has 4 heteroatoms. The fourth-order valence-corrected chi connectivity index (χ4v) is 9.65. The molecule has 0 heterocycles. The summed E-state index contributed by atoms with van der Waals surface area (Å²) in [5.74, 6) is 0. The maximum atomic E-state index is 7.30. The van der Waals surface area contributed by atoms with Gasteiger partial charge >= 0.3 is 0 Å². The van der Waals surface area contributed by atoms with Gasteiger partial charge in [0.25, 0.3) is 0 Å². The molecule has 1 aliphatic rings. The van der Waals surface area contributed by atoms with Gasteiger partial charge in [-0.25, -0.2) is 0 Å². The highest BCUT2D eigenvalue weighted by molar-refractivity contribution is 7.70. The van der Waals surface area contributed by atoms with E-state index >= 15 is 0 Å². The molecule has 0 aliphatic heterocycles. The minimum atomic E-state index is -0.985. The zero-order valence-corrected chi connectivity index (χ0v) is 23.3. The normalized spacial score (nSPS) is 16.7. The van der Waals surface area contributed by atoms with E-state index in [4.69, 9.17) is 4.52 Å². The minimum Gasteiger partial charge on any atom is -0.340 e. The summed E-state index contributed by atoms with van der Waals surface area (Å²) in [6.07, 6.45) is 0.947. The van der Waals surface area contributed by atoms with Crippen LogP contribution in [0.1, 0.15) is 17.2 Å². The number of hydrogen-bond acceptors (Lipinski definition) is 2. The zero-order valence-electron chi connectivity index (χ0n) is 21.5. The first-order chi connectivity index (χ1) is 18.8. The molecular formula is C34H31NOP2. The van der Waals surface area contributed by atoms with E-state index in [0.29, 0.717) is 0 Å². The lowest BCUT2D eigenvalue weighted by Crippen LogP contribution is -2.37. The van der Waals surface area contributed by atoms with E-state index in [1.54, 1.807) is 0 Å². The molecule has 0 amide bonds. The molecule has 1 aliphatic carbocycles. The number of benzene rings is 5. The Labute approximate surface area is 228 Å². The van der Waals surface area contributed by atoms with Crippen LogP contribution in [0, 0.1) is 0 Å². The van der Waals surface area contributed by atoms with E-state index in [2.05, 4.69) is 157 Å². The van der Waals surface area contributed by atoms with Crippen molar-refractivity contribution in [1.82, 2.24) is 4.67 Å². The van der Waals surface area contributed by atoms with Crippen LogP contribution in [-0.2, 0) is 10.9 Å². The summed E-state index contributed by atoms with van der Waals surface area (Å²) >= 11 is 0. The smallest absolute Gasteiger partial charge is 0.104 e. The van der Waals surface area contributed by atoms with Crippen molar-refractivity contribution in [2.24, 2.45) is 0 Å². The molecule has 0 spiro atoms. The van der Waals surface area contributed by atoms with Crippen LogP contribution < -0.4 is 21.2 Å². The van der Waals surface area contributed by atoms with Crippen LogP contribution in [0.4, 0.5) is 0 Å². The molecule has 0 bridgehead atoms. The molecule has 2 nitrogen and oxygen atoms in total. The monoisotopic (exact) mass is 531 g/mol. The van der Waals surface area contributed by atoms with E-state index < -0.39 is 16.2 Å². The van der Waals surface area contributed by atoms with Crippen LogP contribution in [0.15, 0.2) is 146 Å². The van der Waals surface area contributed by atoms with Gasteiger partial charge in [0.05, 0.1) is 8.15 Å². The average molecular weight is 532 g/mol. The van der Waals surface area contributed by atoms with Crippen molar-refractivity contribution in [3.8, 4) is 0 Å². The Morgan fingerprint density at radius 2 is 0.974 bits per heavy atom. The molecule has 0 unspecified atom stereocenters. The van der Waals surface area contributed by atoms with Crippen molar-refractivity contribution < 1.29 is 4.52 Å². The fraction of sp³-hybridized carbons (Fsp3) is 0.118. The van der Waals surface area contributed by atoms with Gasteiger partial charge in [-0.15, -0.1) is 0 Å². The van der Waals surface area contributed by atoms with Crippen molar-refractivity contribution in [1.29, 1.82) is 0 Å². The van der Waals surface area contributed by atoms with Gasteiger partial charge in [0, 0.05) is 24.7 Å². The Kier molecular flexibility index (Phi) is 7.77. The molecular weight excluding hydrogens is 500 g/mol. The van der Waals surface area contributed by atoms with Crippen molar-refractivity contribution in [2.45, 2.75) is 18.6 Å². The van der Waals surface area contributed by atoms with Gasteiger partial charge in [0.2, 0.25) is 0 Å². The molecule has 0 radical (unpaired) electrons. The first kappa shape index (κ1) is 25.2. The third-order valence-electron chi connectivity index (χ3n) is 7.14. The van der Waals surface area contributed by atoms with Crippen LogP contribution >= 0.6 is 16.2 Å². The average Bonchev–Trinajstić information content (AvgIpc) is 3.36. The number of rotatable bonds is 8. The fourth-order valence-electron chi connectivity index (χ4n) is 5.30. The van der Waals surface area contributed by atoms with E-state index in [1.165, 1.54) is 32.3 Å². The molecule has 0 N–H and O–H groups in total. The molecule has 2 atom stereocenters. The third-order valence-corrected chi connectivity index (χ3v) is 11.6. The highest BCUT2D eigenvalue weighted by Gasteiger charge is 2.40. The van der Waals surface area contributed by atoms with Gasteiger partial charge in [0.1, 0.15) is 6.10 Å². The lowest BCUT2D eigenvalue weighted by atomic mass is 10.1. The lowest BCUT2D eigenvalue weighted by Gasteiger charge is -2.38. The molecule has 6 rings (SSSR count). The Bertz CT molecular complexity index is 1370. The van der Waals surface area contributed by atoms with Crippen molar-refractivity contribution >= 4 is 37.4 Å². The zero-order chi connectivity index (χ0) is 25.7. The molecule has 38 heavy (non-hydrogen) atoms. The second-order valence-corrected chi connectivity index (χ2v) is 13.6. The Morgan fingerprint density at radius 1 is 0.553 bits per heavy atom. The molecule has 0 aromatic heterocycles. The minimum absolute atomic E-state index is 0.0276. The first-order valence-electron chi connectivity index (χ1n) is 13.1. The van der Waals surface area contributed by atoms with Gasteiger partial charge in [0.15, 0.2) is 0 Å². The highest BCUT2D eigenvalue weighted by atomic mass is 31.1. The van der Waals surface area contributed by atoms with Gasteiger partial charge in [-0.2, -0.15) is 0 Å². The van der Waals surface area contributed by atoms with E-state index in [-0.39, 0.29) is 12.1 Å². The molecule has 0 fully saturated rings. The molecule has 0 saturated heterocycles. The predicted molar refractivity (Wildman–Crippen MR) is 164 cm³/mol. The van der Waals surface area contributed by atoms with Crippen LogP contribution in [0.3, 0.4) is 0 Å². The van der Waals surface area contributed by atoms with Gasteiger partial charge in [-0.1, -0.05) is 146 Å². The maximum absolute atomic E-state index is 7.30. The van der Waals surface area contributed by atoms with Crippen LogP contribution in [0.2, 0.25) is 0 Å².